The summed E-state index contributed by atoms with van der Waals surface area (Å²) in [4.78, 5) is 2.53. The average Bonchev–Trinajstić information content (AvgIpc) is 3.10. The molecular formula is C22H28N4. The number of aromatic nitrogens is 3. The molecular weight excluding hydrogens is 320 g/mol. The molecule has 0 amide bonds. The number of hydrogen-bond donors (Lipinski definition) is 0. The highest BCUT2D eigenvalue weighted by atomic mass is 15.5. The minimum Gasteiger partial charge on any atom is -0.277 e. The molecule has 1 heterocycles. The van der Waals surface area contributed by atoms with Crippen LogP contribution in [-0.2, 0) is 6.54 Å². The van der Waals surface area contributed by atoms with E-state index in [0.717, 1.165) is 49.8 Å². The van der Waals surface area contributed by atoms with Crippen LogP contribution in [-0.4, -0.2) is 26.4 Å². The minimum atomic E-state index is 0.206. The Kier molecular flexibility index (Phi) is 6.56. The van der Waals surface area contributed by atoms with E-state index in [1.54, 1.807) is 0 Å². The van der Waals surface area contributed by atoms with Crippen molar-refractivity contribution in [3.63, 3.8) is 0 Å². The van der Waals surface area contributed by atoms with Gasteiger partial charge in [-0.1, -0.05) is 67.1 Å². The molecule has 0 saturated carbocycles. The van der Waals surface area contributed by atoms with E-state index in [0.29, 0.717) is 0 Å². The van der Waals surface area contributed by atoms with E-state index in [4.69, 9.17) is 0 Å². The number of unbranched alkanes of at least 4 members (excludes halogenated alkanes) is 1. The third-order valence-corrected chi connectivity index (χ3v) is 4.71. The molecule has 3 rings (SSSR count). The maximum atomic E-state index is 4.51. The summed E-state index contributed by atoms with van der Waals surface area (Å²) in [6.07, 6.45) is 6.49. The number of benzene rings is 2. The highest BCUT2D eigenvalue weighted by Gasteiger charge is 2.22. The van der Waals surface area contributed by atoms with Gasteiger partial charge in [0.15, 0.2) is 0 Å². The summed E-state index contributed by atoms with van der Waals surface area (Å²) >= 11 is 0. The lowest BCUT2D eigenvalue weighted by Crippen LogP contribution is -2.34. The lowest BCUT2D eigenvalue weighted by Gasteiger charge is -2.32. The Labute approximate surface area is 156 Å². The van der Waals surface area contributed by atoms with Crippen LogP contribution in [0.1, 0.15) is 44.3 Å². The van der Waals surface area contributed by atoms with Gasteiger partial charge < -0.3 is 0 Å². The molecule has 3 aromatic rings. The van der Waals surface area contributed by atoms with Crippen LogP contribution in [0.15, 0.2) is 67.3 Å². The summed E-state index contributed by atoms with van der Waals surface area (Å²) in [6.45, 7) is 8.03. The van der Waals surface area contributed by atoms with Crippen LogP contribution in [0.5, 0.6) is 0 Å². The molecule has 0 aliphatic heterocycles. The second-order valence-electron chi connectivity index (χ2n) is 6.68. The van der Waals surface area contributed by atoms with Gasteiger partial charge >= 0.3 is 0 Å². The van der Waals surface area contributed by atoms with Gasteiger partial charge in [0.25, 0.3) is 0 Å². The molecule has 0 bridgehead atoms. The molecule has 136 valence electrons. The van der Waals surface area contributed by atoms with Crippen LogP contribution >= 0.6 is 0 Å². The van der Waals surface area contributed by atoms with Crippen LogP contribution < -0.4 is 0 Å². The van der Waals surface area contributed by atoms with Gasteiger partial charge in [-0.05, 0) is 37.0 Å². The summed E-state index contributed by atoms with van der Waals surface area (Å²) in [6, 6.07) is 18.9. The Balaban J connectivity index is 1.91. The topological polar surface area (TPSA) is 34.0 Å². The van der Waals surface area contributed by atoms with Gasteiger partial charge in [0, 0.05) is 13.1 Å². The predicted octanol–water partition coefficient (Wildman–Crippen LogP) is 5.20. The Bertz CT molecular complexity index is 809. The van der Waals surface area contributed by atoms with E-state index in [-0.39, 0.29) is 6.17 Å². The van der Waals surface area contributed by atoms with Crippen LogP contribution in [0, 0.1) is 0 Å². The van der Waals surface area contributed by atoms with Crippen LogP contribution in [0.3, 0.4) is 0 Å². The molecule has 4 heteroatoms. The van der Waals surface area contributed by atoms with Crippen molar-refractivity contribution in [2.75, 3.05) is 6.54 Å². The smallest absolute Gasteiger partial charge is 0.113 e. The second-order valence-corrected chi connectivity index (χ2v) is 6.68. The normalized spacial score (nSPS) is 12.5. The quantitative estimate of drug-likeness (QED) is 0.373. The number of fused-ring (bicyclic) bond motifs is 1. The first-order valence-corrected chi connectivity index (χ1v) is 9.52. The van der Waals surface area contributed by atoms with Gasteiger partial charge in [-0.2, -0.15) is 0 Å². The summed E-state index contributed by atoms with van der Waals surface area (Å²) in [5, 5.41) is 8.89. The lowest BCUT2D eigenvalue weighted by molar-refractivity contribution is 0.110. The molecule has 0 saturated heterocycles. The van der Waals surface area contributed by atoms with Gasteiger partial charge in [-0.15, -0.1) is 11.7 Å². The summed E-state index contributed by atoms with van der Waals surface area (Å²) in [5.74, 6) is 0. The maximum Gasteiger partial charge on any atom is 0.113 e. The second kappa shape index (κ2) is 9.30. The zero-order chi connectivity index (χ0) is 18.2. The zero-order valence-electron chi connectivity index (χ0n) is 15.6. The average molecular weight is 348 g/mol. The van der Waals surface area contributed by atoms with Crippen molar-refractivity contribution in [2.24, 2.45) is 0 Å². The highest BCUT2D eigenvalue weighted by Crippen LogP contribution is 2.25. The van der Waals surface area contributed by atoms with Gasteiger partial charge in [0.05, 0.1) is 5.52 Å². The van der Waals surface area contributed by atoms with Crippen LogP contribution in [0.4, 0.5) is 0 Å². The molecule has 2 aromatic carbocycles. The van der Waals surface area contributed by atoms with Crippen molar-refractivity contribution in [1.82, 2.24) is 19.9 Å². The summed E-state index contributed by atoms with van der Waals surface area (Å²) in [7, 11) is 0. The van der Waals surface area contributed by atoms with E-state index < -0.39 is 0 Å². The summed E-state index contributed by atoms with van der Waals surface area (Å²) in [5.41, 5.74) is 3.39. The monoisotopic (exact) mass is 348 g/mol. The fourth-order valence-electron chi connectivity index (χ4n) is 3.41. The fourth-order valence-corrected chi connectivity index (χ4v) is 3.41. The molecule has 0 N–H and O–H groups in total. The van der Waals surface area contributed by atoms with Crippen molar-refractivity contribution in [3.8, 4) is 0 Å². The van der Waals surface area contributed by atoms with Gasteiger partial charge in [-0.25, -0.2) is 4.68 Å². The van der Waals surface area contributed by atoms with Gasteiger partial charge in [0.1, 0.15) is 11.7 Å². The van der Waals surface area contributed by atoms with Crippen LogP contribution in [0.25, 0.3) is 11.0 Å². The minimum absolute atomic E-state index is 0.206. The number of hydrogen-bond acceptors (Lipinski definition) is 3. The van der Waals surface area contributed by atoms with E-state index in [2.05, 4.69) is 75.9 Å². The first-order valence-electron chi connectivity index (χ1n) is 9.52. The molecule has 1 unspecified atom stereocenters. The van der Waals surface area contributed by atoms with E-state index >= 15 is 0 Å². The third kappa shape index (κ3) is 4.38. The Morgan fingerprint density at radius 2 is 1.88 bits per heavy atom. The first kappa shape index (κ1) is 18.3. The third-order valence-electron chi connectivity index (χ3n) is 4.71. The van der Waals surface area contributed by atoms with Crippen molar-refractivity contribution in [2.45, 2.75) is 45.3 Å². The Morgan fingerprint density at radius 3 is 2.65 bits per heavy atom. The Morgan fingerprint density at radius 1 is 1.12 bits per heavy atom. The molecule has 0 aliphatic carbocycles. The predicted molar refractivity (Wildman–Crippen MR) is 108 cm³/mol. The molecule has 0 fully saturated rings. The lowest BCUT2D eigenvalue weighted by atomic mass is 10.1. The van der Waals surface area contributed by atoms with E-state index in [9.17, 15) is 0 Å². The number of rotatable bonds is 10. The molecule has 4 nitrogen and oxygen atoms in total. The van der Waals surface area contributed by atoms with Crippen molar-refractivity contribution < 1.29 is 0 Å². The van der Waals surface area contributed by atoms with Crippen molar-refractivity contribution in [3.05, 3.63) is 72.8 Å². The SMILES string of the molecule is C=CCCCN(Cc1ccccc1)C(CCC)n1nnc2ccccc21. The summed E-state index contributed by atoms with van der Waals surface area (Å²) < 4.78 is 2.11. The standard InChI is InChI=1S/C22H28N4/c1-3-5-11-17-25(18-19-13-7-6-8-14-19)22(12-4-2)26-21-16-10-9-15-20(21)23-24-26/h3,6-10,13-16,22H,1,4-5,11-12,17-18H2,2H3. The number of nitrogens with zero attached hydrogens (tertiary/aromatic N) is 4. The molecule has 1 aromatic heterocycles. The zero-order valence-corrected chi connectivity index (χ0v) is 15.6. The van der Waals surface area contributed by atoms with Crippen molar-refractivity contribution >= 4 is 11.0 Å². The largest absolute Gasteiger partial charge is 0.277 e. The van der Waals surface area contributed by atoms with Crippen molar-refractivity contribution in [1.29, 1.82) is 0 Å². The first-order chi connectivity index (χ1) is 12.8. The fraction of sp³-hybridized carbons (Fsp3) is 0.364. The van der Waals surface area contributed by atoms with Crippen LogP contribution in [0.2, 0.25) is 0 Å². The molecule has 1 atom stereocenters. The Hall–Kier alpha value is -2.46. The van der Waals surface area contributed by atoms with Gasteiger partial charge in [0.2, 0.25) is 0 Å². The number of para-hydroxylation sites is 1. The number of allylic oxidation sites excluding steroid dienone is 1. The van der Waals surface area contributed by atoms with E-state index in [1.807, 2.05) is 18.2 Å². The molecule has 0 aliphatic rings. The molecule has 26 heavy (non-hydrogen) atoms. The van der Waals surface area contributed by atoms with E-state index in [1.165, 1.54) is 5.56 Å². The molecule has 0 spiro atoms. The molecule has 0 radical (unpaired) electrons. The maximum absolute atomic E-state index is 4.51. The van der Waals surface area contributed by atoms with Gasteiger partial charge in [-0.3, -0.25) is 4.90 Å². The highest BCUT2D eigenvalue weighted by molar-refractivity contribution is 5.73.